The summed E-state index contributed by atoms with van der Waals surface area (Å²) in [5.41, 5.74) is 7.88. The number of hydrogen-bond donors (Lipinski definition) is 3. The van der Waals surface area contributed by atoms with Crippen LogP contribution >= 0.6 is 0 Å². The number of nitrogens with zero attached hydrogens (tertiary/aromatic N) is 6. The summed E-state index contributed by atoms with van der Waals surface area (Å²) in [6.07, 6.45) is 5.75. The van der Waals surface area contributed by atoms with Crippen LogP contribution in [0.4, 0.5) is 5.95 Å². The molecule has 0 radical (unpaired) electrons. The molecule has 35 heavy (non-hydrogen) atoms. The molecule has 3 atom stereocenters. The zero-order valence-corrected chi connectivity index (χ0v) is 18.8. The van der Waals surface area contributed by atoms with Crippen LogP contribution < -0.4 is 11.1 Å². The second kappa shape index (κ2) is 8.51. The average molecular weight is 473 g/mol. The molecular weight excluding hydrogens is 448 g/mol. The molecule has 6 rings (SSSR count). The lowest BCUT2D eigenvalue weighted by atomic mass is 9.92. The molecule has 1 unspecified atom stereocenters. The van der Waals surface area contributed by atoms with Crippen molar-refractivity contribution in [1.29, 1.82) is 0 Å². The lowest BCUT2D eigenvalue weighted by Crippen LogP contribution is -2.43. The number of rotatable bonds is 5. The topological polar surface area (TPSA) is 149 Å². The van der Waals surface area contributed by atoms with Gasteiger partial charge in [-0.1, -0.05) is 30.3 Å². The maximum absolute atomic E-state index is 13.6. The minimum absolute atomic E-state index is 0.101. The Kier molecular flexibility index (Phi) is 5.18. The molecule has 4 aromatic heterocycles. The van der Waals surface area contributed by atoms with Crippen molar-refractivity contribution in [1.82, 2.24) is 34.7 Å². The van der Waals surface area contributed by atoms with E-state index in [2.05, 4.69) is 25.5 Å². The van der Waals surface area contributed by atoms with Crippen molar-refractivity contribution in [3.8, 4) is 11.6 Å². The molecule has 11 nitrogen and oxygen atoms in total. The van der Waals surface area contributed by atoms with Crippen molar-refractivity contribution in [2.45, 2.75) is 43.9 Å². The summed E-state index contributed by atoms with van der Waals surface area (Å²) >= 11 is 0. The second-order valence-corrected chi connectivity index (χ2v) is 8.78. The van der Waals surface area contributed by atoms with Crippen LogP contribution in [0.15, 0.2) is 59.3 Å². The van der Waals surface area contributed by atoms with Crippen LogP contribution in [-0.4, -0.2) is 52.5 Å². The monoisotopic (exact) mass is 472 g/mol. The molecule has 0 aliphatic heterocycles. The van der Waals surface area contributed by atoms with E-state index in [9.17, 15) is 9.90 Å². The van der Waals surface area contributed by atoms with Crippen LogP contribution in [0.5, 0.6) is 0 Å². The fourth-order valence-corrected chi connectivity index (χ4v) is 4.74. The number of hydrogen-bond acceptors (Lipinski definition) is 8. The molecule has 178 valence electrons. The van der Waals surface area contributed by atoms with Gasteiger partial charge in [0.25, 0.3) is 0 Å². The average Bonchev–Trinajstić information content (AvgIpc) is 3.60. The van der Waals surface area contributed by atoms with Crippen LogP contribution in [0.2, 0.25) is 0 Å². The first kappa shape index (κ1) is 21.3. The summed E-state index contributed by atoms with van der Waals surface area (Å²) in [6, 6.07) is 12.0. The number of aromatic nitrogens is 6. The zero-order chi connectivity index (χ0) is 23.9. The summed E-state index contributed by atoms with van der Waals surface area (Å²) in [6.45, 7) is 0. The highest BCUT2D eigenvalue weighted by Crippen LogP contribution is 2.28. The van der Waals surface area contributed by atoms with E-state index < -0.39 is 12.1 Å². The van der Waals surface area contributed by atoms with Crippen molar-refractivity contribution in [2.24, 2.45) is 0 Å². The molecule has 0 bridgehead atoms. The summed E-state index contributed by atoms with van der Waals surface area (Å²) in [5, 5.41) is 22.7. The number of benzene rings is 1. The molecule has 1 aliphatic rings. The van der Waals surface area contributed by atoms with Gasteiger partial charge in [0, 0.05) is 6.04 Å². The number of nitrogens with one attached hydrogen (secondary N) is 1. The van der Waals surface area contributed by atoms with E-state index >= 15 is 0 Å². The van der Waals surface area contributed by atoms with Crippen LogP contribution in [0.25, 0.3) is 28.3 Å². The predicted octanol–water partition coefficient (Wildman–Crippen LogP) is 2.33. The molecule has 5 aromatic rings. The van der Waals surface area contributed by atoms with Gasteiger partial charge in [-0.3, -0.25) is 4.79 Å². The minimum Gasteiger partial charge on any atom is -0.461 e. The number of amides is 1. The highest BCUT2D eigenvalue weighted by molar-refractivity contribution is 5.92. The number of nitrogens with two attached hydrogens (primary N) is 1. The molecular formula is C24H24N8O3. The highest BCUT2D eigenvalue weighted by atomic mass is 16.3. The lowest BCUT2D eigenvalue weighted by molar-refractivity contribution is -0.124. The number of fused-ring (bicyclic) bond motifs is 3. The van der Waals surface area contributed by atoms with Gasteiger partial charge >= 0.3 is 0 Å². The van der Waals surface area contributed by atoms with E-state index in [1.807, 2.05) is 30.3 Å². The van der Waals surface area contributed by atoms with Crippen LogP contribution in [0, 0.1) is 0 Å². The molecule has 4 N–H and O–H groups in total. The summed E-state index contributed by atoms with van der Waals surface area (Å²) in [4.78, 5) is 22.7. The minimum atomic E-state index is -0.783. The van der Waals surface area contributed by atoms with Crippen LogP contribution in [-0.2, 0) is 4.79 Å². The molecule has 1 aromatic carbocycles. The zero-order valence-electron chi connectivity index (χ0n) is 18.8. The maximum Gasteiger partial charge on any atom is 0.249 e. The number of carbonyl (C=O) groups excluding carboxylic acids is 1. The Morgan fingerprint density at radius 1 is 1.14 bits per heavy atom. The van der Waals surface area contributed by atoms with Gasteiger partial charge in [0.2, 0.25) is 17.7 Å². The molecule has 1 fully saturated rings. The fourth-order valence-electron chi connectivity index (χ4n) is 4.74. The smallest absolute Gasteiger partial charge is 0.249 e. The van der Waals surface area contributed by atoms with Crippen molar-refractivity contribution in [3.05, 3.63) is 60.5 Å². The van der Waals surface area contributed by atoms with Gasteiger partial charge in [-0.25, -0.2) is 9.67 Å². The van der Waals surface area contributed by atoms with E-state index in [1.165, 1.54) is 4.52 Å². The van der Waals surface area contributed by atoms with Gasteiger partial charge in [0.15, 0.2) is 23.1 Å². The van der Waals surface area contributed by atoms with Crippen LogP contribution in [0.1, 0.15) is 37.3 Å². The number of carbonyl (C=O) groups is 1. The van der Waals surface area contributed by atoms with Gasteiger partial charge in [0.1, 0.15) is 0 Å². The van der Waals surface area contributed by atoms with E-state index in [4.69, 9.17) is 10.2 Å². The third kappa shape index (κ3) is 3.79. The Labute approximate surface area is 199 Å². The first-order valence-electron chi connectivity index (χ1n) is 11.5. The first-order chi connectivity index (χ1) is 17.1. The summed E-state index contributed by atoms with van der Waals surface area (Å²) in [5.74, 6) is 0.766. The van der Waals surface area contributed by atoms with E-state index in [0.717, 1.165) is 24.8 Å². The molecule has 0 spiro atoms. The number of furan rings is 1. The van der Waals surface area contributed by atoms with Crippen molar-refractivity contribution in [3.63, 3.8) is 0 Å². The Balaban J connectivity index is 1.45. The van der Waals surface area contributed by atoms with E-state index in [1.54, 1.807) is 29.3 Å². The number of nitrogen functional groups attached to an aromatic ring is 1. The molecule has 0 saturated heterocycles. The number of aliphatic hydroxyl groups excluding tert-OH is 1. The Bertz CT molecular complexity index is 1490. The SMILES string of the molecule is Nc1nc2c(cnn2C(C(=O)N[C@H]2CCC[C@H](O)C2)c2ccccc2)c2nc(-c3ccco3)nn12. The van der Waals surface area contributed by atoms with Gasteiger partial charge in [0.05, 0.1) is 24.0 Å². The van der Waals surface area contributed by atoms with Gasteiger partial charge in [-0.05, 0) is 43.4 Å². The molecule has 11 heteroatoms. The fraction of sp³-hybridized carbons (Fsp3) is 0.292. The molecule has 1 aliphatic carbocycles. The van der Waals surface area contributed by atoms with Gasteiger partial charge in [-0.2, -0.15) is 14.6 Å². The Hall–Kier alpha value is -4.25. The molecule has 1 amide bonds. The lowest BCUT2D eigenvalue weighted by Gasteiger charge is -2.28. The van der Waals surface area contributed by atoms with Crippen LogP contribution in [0.3, 0.4) is 0 Å². The summed E-state index contributed by atoms with van der Waals surface area (Å²) in [7, 11) is 0. The highest BCUT2D eigenvalue weighted by Gasteiger charge is 2.30. The predicted molar refractivity (Wildman–Crippen MR) is 127 cm³/mol. The second-order valence-electron chi connectivity index (χ2n) is 8.78. The largest absolute Gasteiger partial charge is 0.461 e. The van der Waals surface area contributed by atoms with Gasteiger partial charge in [-0.15, -0.1) is 5.10 Å². The normalized spacial score (nSPS) is 19.2. The molecule has 1 saturated carbocycles. The van der Waals surface area contributed by atoms with Crippen molar-refractivity contribution >= 4 is 28.5 Å². The summed E-state index contributed by atoms with van der Waals surface area (Å²) < 4.78 is 8.43. The standard InChI is InChI=1S/C24H24N8O3/c25-24-29-22-17(21-28-20(30-32(21)24)18-10-5-11-35-18)13-26-31(22)19(14-6-2-1-3-7-14)23(34)27-15-8-4-9-16(33)12-15/h1-3,5-7,10-11,13,15-16,19,33H,4,8-9,12H2,(H2,25,29)(H,27,34)/t15-,16-,19?/m0/s1. The Morgan fingerprint density at radius 2 is 2.00 bits per heavy atom. The first-order valence-corrected chi connectivity index (χ1v) is 11.5. The van der Waals surface area contributed by atoms with Crippen molar-refractivity contribution in [2.75, 3.05) is 5.73 Å². The maximum atomic E-state index is 13.6. The third-order valence-electron chi connectivity index (χ3n) is 6.40. The van der Waals surface area contributed by atoms with E-state index in [0.29, 0.717) is 34.7 Å². The van der Waals surface area contributed by atoms with Gasteiger partial charge < -0.3 is 20.6 Å². The number of anilines is 1. The molecule has 4 heterocycles. The third-order valence-corrected chi connectivity index (χ3v) is 6.40. The Morgan fingerprint density at radius 3 is 2.77 bits per heavy atom. The van der Waals surface area contributed by atoms with Crippen molar-refractivity contribution < 1.29 is 14.3 Å². The van der Waals surface area contributed by atoms with E-state index in [-0.39, 0.29) is 17.9 Å². The quantitative estimate of drug-likeness (QED) is 0.353. The number of aliphatic hydroxyl groups is 1.